The first kappa shape index (κ1) is 21.2. The molecular formula is C24H26N4O2S. The summed E-state index contributed by atoms with van der Waals surface area (Å²) in [6.07, 6.45) is 1.77. The number of ketones is 1. The van der Waals surface area contributed by atoms with Crippen molar-refractivity contribution in [3.05, 3.63) is 65.9 Å². The fourth-order valence-electron chi connectivity index (χ4n) is 4.09. The van der Waals surface area contributed by atoms with E-state index in [2.05, 4.69) is 41.1 Å². The number of nitrogens with zero attached hydrogens (tertiary/aromatic N) is 4. The van der Waals surface area contributed by atoms with Crippen LogP contribution in [0, 0.1) is 0 Å². The monoisotopic (exact) mass is 434 g/mol. The van der Waals surface area contributed by atoms with Gasteiger partial charge in [0.2, 0.25) is 0 Å². The molecule has 1 aliphatic rings. The molecule has 0 N–H and O–H groups in total. The van der Waals surface area contributed by atoms with Crippen molar-refractivity contribution in [2.24, 2.45) is 7.05 Å². The number of ether oxygens (including phenoxy) is 1. The summed E-state index contributed by atoms with van der Waals surface area (Å²) in [4.78, 5) is 15.0. The van der Waals surface area contributed by atoms with E-state index in [0.717, 1.165) is 22.7 Å². The lowest BCUT2D eigenvalue weighted by molar-refractivity contribution is -0.112. The van der Waals surface area contributed by atoms with Gasteiger partial charge in [-0.15, -0.1) is 10.2 Å². The minimum Gasteiger partial charge on any atom is -0.496 e. The van der Waals surface area contributed by atoms with Crippen molar-refractivity contribution in [1.82, 2.24) is 14.8 Å². The lowest BCUT2D eigenvalue weighted by Gasteiger charge is -2.23. The molecule has 0 atom stereocenters. The van der Waals surface area contributed by atoms with Crippen LogP contribution in [-0.2, 0) is 17.3 Å². The van der Waals surface area contributed by atoms with Gasteiger partial charge < -0.3 is 14.2 Å². The van der Waals surface area contributed by atoms with E-state index in [0.29, 0.717) is 16.7 Å². The topological polar surface area (TPSA) is 60.3 Å². The first-order chi connectivity index (χ1) is 14.8. The number of likely N-dealkylation sites (N-methyl/N-ethyl adjacent to an activating group) is 1. The summed E-state index contributed by atoms with van der Waals surface area (Å²) >= 11 is 1.39. The highest BCUT2D eigenvalue weighted by molar-refractivity contribution is 7.99. The zero-order valence-electron chi connectivity index (χ0n) is 18.4. The van der Waals surface area contributed by atoms with Gasteiger partial charge in [0.15, 0.2) is 16.8 Å². The summed E-state index contributed by atoms with van der Waals surface area (Å²) in [6.45, 7) is 4.31. The molecule has 0 radical (unpaired) electrons. The molecule has 160 valence electrons. The van der Waals surface area contributed by atoms with Crippen molar-refractivity contribution in [3.8, 4) is 17.1 Å². The van der Waals surface area contributed by atoms with Crippen molar-refractivity contribution in [2.45, 2.75) is 24.4 Å². The Morgan fingerprint density at radius 2 is 1.81 bits per heavy atom. The second kappa shape index (κ2) is 8.23. The Bertz CT molecular complexity index is 1170. The van der Waals surface area contributed by atoms with Crippen molar-refractivity contribution >= 4 is 23.2 Å². The predicted octanol–water partition coefficient (Wildman–Crippen LogP) is 4.46. The molecular weight excluding hydrogens is 408 g/mol. The summed E-state index contributed by atoms with van der Waals surface area (Å²) < 4.78 is 7.33. The van der Waals surface area contributed by atoms with E-state index in [-0.39, 0.29) is 11.2 Å². The van der Waals surface area contributed by atoms with Gasteiger partial charge in [-0.2, -0.15) is 0 Å². The average molecular weight is 435 g/mol. The number of hydrogen-bond acceptors (Lipinski definition) is 6. The zero-order chi connectivity index (χ0) is 22.2. The van der Waals surface area contributed by atoms with E-state index in [4.69, 9.17) is 4.74 Å². The third kappa shape index (κ3) is 3.74. The van der Waals surface area contributed by atoms with Crippen molar-refractivity contribution in [2.75, 3.05) is 24.8 Å². The molecule has 0 fully saturated rings. The number of carbonyl (C=O) groups is 1. The SMILES string of the molecule is COc1ccccc1-c1nnc(SCC(=O)C=C2N(C)c3ccccc3C2(C)C)n1C. The molecule has 1 aromatic heterocycles. The fraction of sp³-hybridized carbons (Fsp3) is 0.292. The molecule has 4 rings (SSSR count). The predicted molar refractivity (Wildman–Crippen MR) is 125 cm³/mol. The number of rotatable bonds is 6. The van der Waals surface area contributed by atoms with Crippen molar-refractivity contribution in [1.29, 1.82) is 0 Å². The largest absolute Gasteiger partial charge is 0.496 e. The van der Waals surface area contributed by atoms with Crippen LogP contribution in [0.1, 0.15) is 19.4 Å². The van der Waals surface area contributed by atoms with Gasteiger partial charge in [-0.25, -0.2) is 0 Å². The standard InChI is InChI=1S/C24H26N4O2S/c1-24(2)18-11-7-8-12-19(18)27(3)21(24)14-16(29)15-31-23-26-25-22(28(23)4)17-10-6-9-13-20(17)30-5/h6-14H,15H2,1-5H3. The number of hydrogen-bond donors (Lipinski definition) is 0. The first-order valence-electron chi connectivity index (χ1n) is 10.1. The average Bonchev–Trinajstić information content (AvgIpc) is 3.23. The zero-order valence-corrected chi connectivity index (χ0v) is 19.2. The number of methoxy groups -OCH3 is 1. The first-order valence-corrected chi connectivity index (χ1v) is 11.1. The molecule has 2 aromatic carbocycles. The van der Waals surface area contributed by atoms with Gasteiger partial charge >= 0.3 is 0 Å². The quantitative estimate of drug-likeness (QED) is 0.422. The van der Waals surface area contributed by atoms with Crippen LogP contribution >= 0.6 is 11.8 Å². The number of allylic oxidation sites excluding steroid dienone is 2. The van der Waals surface area contributed by atoms with Crippen LogP contribution in [0.4, 0.5) is 5.69 Å². The molecule has 0 spiro atoms. The number of thioether (sulfide) groups is 1. The summed E-state index contributed by atoms with van der Waals surface area (Å²) in [5.41, 5.74) is 4.04. The van der Waals surface area contributed by atoms with E-state index in [9.17, 15) is 4.79 Å². The van der Waals surface area contributed by atoms with Gasteiger partial charge in [0.05, 0.1) is 18.4 Å². The van der Waals surface area contributed by atoms with Crippen LogP contribution in [-0.4, -0.2) is 40.5 Å². The van der Waals surface area contributed by atoms with Crippen LogP contribution < -0.4 is 9.64 Å². The summed E-state index contributed by atoms with van der Waals surface area (Å²) in [7, 11) is 5.55. The van der Waals surface area contributed by atoms with Gasteiger partial charge in [-0.3, -0.25) is 4.79 Å². The Hall–Kier alpha value is -3.06. The summed E-state index contributed by atoms with van der Waals surface area (Å²) in [5.74, 6) is 1.79. The third-order valence-corrected chi connectivity index (χ3v) is 6.81. The molecule has 0 bridgehead atoms. The summed E-state index contributed by atoms with van der Waals surface area (Å²) in [6, 6.07) is 16.0. The van der Waals surface area contributed by atoms with E-state index < -0.39 is 0 Å². The Balaban J connectivity index is 1.51. The molecule has 0 amide bonds. The molecule has 0 saturated heterocycles. The normalized spacial score (nSPS) is 15.9. The number of carbonyl (C=O) groups excluding carboxylic acids is 1. The van der Waals surface area contributed by atoms with E-state index >= 15 is 0 Å². The maximum Gasteiger partial charge on any atom is 0.191 e. The van der Waals surface area contributed by atoms with Gasteiger partial charge in [0.1, 0.15) is 5.75 Å². The van der Waals surface area contributed by atoms with Gasteiger partial charge in [-0.1, -0.05) is 55.9 Å². The highest BCUT2D eigenvalue weighted by atomic mass is 32.2. The molecule has 0 aliphatic carbocycles. The summed E-state index contributed by atoms with van der Waals surface area (Å²) in [5, 5.41) is 9.29. The Kier molecular flexibility index (Phi) is 5.62. The second-order valence-corrected chi connectivity index (χ2v) is 8.99. The van der Waals surface area contributed by atoms with Gasteiger partial charge in [-0.05, 0) is 23.8 Å². The number of fused-ring (bicyclic) bond motifs is 1. The van der Waals surface area contributed by atoms with Gasteiger partial charge in [0.25, 0.3) is 0 Å². The Morgan fingerprint density at radius 1 is 1.10 bits per heavy atom. The second-order valence-electron chi connectivity index (χ2n) is 8.05. The van der Waals surface area contributed by atoms with Crippen LogP contribution in [0.3, 0.4) is 0 Å². The van der Waals surface area contributed by atoms with E-state index in [1.807, 2.05) is 55.1 Å². The number of anilines is 1. The minimum atomic E-state index is -0.215. The van der Waals surface area contributed by atoms with E-state index in [1.54, 1.807) is 13.2 Å². The number of para-hydroxylation sites is 2. The molecule has 3 aromatic rings. The van der Waals surface area contributed by atoms with Crippen molar-refractivity contribution < 1.29 is 9.53 Å². The Labute approximate surface area is 186 Å². The van der Waals surface area contributed by atoms with Crippen molar-refractivity contribution in [3.63, 3.8) is 0 Å². The van der Waals surface area contributed by atoms with E-state index in [1.165, 1.54) is 17.3 Å². The molecule has 6 nitrogen and oxygen atoms in total. The Morgan fingerprint density at radius 3 is 2.55 bits per heavy atom. The molecule has 0 saturated carbocycles. The lowest BCUT2D eigenvalue weighted by Crippen LogP contribution is -2.24. The molecule has 2 heterocycles. The molecule has 1 aliphatic heterocycles. The lowest BCUT2D eigenvalue weighted by atomic mass is 9.83. The molecule has 31 heavy (non-hydrogen) atoms. The highest BCUT2D eigenvalue weighted by Gasteiger charge is 2.38. The maximum atomic E-state index is 12.8. The number of aromatic nitrogens is 3. The molecule has 7 heteroatoms. The third-order valence-electron chi connectivity index (χ3n) is 5.76. The minimum absolute atomic E-state index is 0.0505. The highest BCUT2D eigenvalue weighted by Crippen LogP contribution is 2.46. The smallest absolute Gasteiger partial charge is 0.191 e. The van der Waals surface area contributed by atoms with Crippen LogP contribution in [0.2, 0.25) is 0 Å². The molecule has 0 unspecified atom stereocenters. The van der Waals surface area contributed by atoms with Crippen LogP contribution in [0.5, 0.6) is 5.75 Å². The van der Waals surface area contributed by atoms with Gasteiger partial charge in [0, 0.05) is 37.0 Å². The van der Waals surface area contributed by atoms with Crippen LogP contribution in [0.25, 0.3) is 11.4 Å². The maximum absolute atomic E-state index is 12.8. The van der Waals surface area contributed by atoms with Crippen LogP contribution in [0.15, 0.2) is 65.5 Å². The number of benzene rings is 2. The fourth-order valence-corrected chi connectivity index (χ4v) is 4.83.